The molecule has 0 amide bonds. The van der Waals surface area contributed by atoms with Gasteiger partial charge in [0.25, 0.3) is 0 Å². The minimum atomic E-state index is 0.480. The molecule has 3 unspecified atom stereocenters. The first-order valence-electron chi connectivity index (χ1n) is 6.81. The molecule has 15 heavy (non-hydrogen) atoms. The zero-order chi connectivity index (χ0) is 10.7. The molecule has 2 fully saturated rings. The van der Waals surface area contributed by atoms with Crippen molar-refractivity contribution in [2.45, 2.75) is 64.0 Å². The molecule has 0 radical (unpaired) electrons. The van der Waals surface area contributed by atoms with Crippen molar-refractivity contribution in [2.24, 2.45) is 11.7 Å². The highest BCUT2D eigenvalue weighted by molar-refractivity contribution is 4.91. The van der Waals surface area contributed by atoms with Crippen LogP contribution in [0, 0.1) is 5.92 Å². The lowest BCUT2D eigenvalue weighted by atomic mass is 9.76. The fourth-order valence-electron chi connectivity index (χ4n) is 3.39. The minimum Gasteiger partial charge on any atom is -0.328 e. The van der Waals surface area contributed by atoms with Gasteiger partial charge in [0.1, 0.15) is 0 Å². The van der Waals surface area contributed by atoms with E-state index >= 15 is 0 Å². The van der Waals surface area contributed by atoms with Crippen LogP contribution in [-0.4, -0.2) is 30.1 Å². The minimum absolute atomic E-state index is 0.480. The quantitative estimate of drug-likeness (QED) is 0.775. The van der Waals surface area contributed by atoms with E-state index < -0.39 is 0 Å². The monoisotopic (exact) mass is 210 g/mol. The van der Waals surface area contributed by atoms with Crippen LogP contribution in [-0.2, 0) is 0 Å². The maximum Gasteiger partial charge on any atom is 0.0138 e. The van der Waals surface area contributed by atoms with E-state index in [1.165, 1.54) is 58.0 Å². The summed E-state index contributed by atoms with van der Waals surface area (Å²) in [4.78, 5) is 2.73. The van der Waals surface area contributed by atoms with Crippen molar-refractivity contribution in [1.29, 1.82) is 0 Å². The van der Waals surface area contributed by atoms with Crippen LogP contribution in [0.15, 0.2) is 0 Å². The van der Waals surface area contributed by atoms with Gasteiger partial charge in [0.05, 0.1) is 0 Å². The number of piperidine rings is 1. The summed E-state index contributed by atoms with van der Waals surface area (Å²) in [6, 6.07) is 1.31. The highest BCUT2D eigenvalue weighted by Crippen LogP contribution is 2.34. The molecule has 2 N–H and O–H groups in total. The first kappa shape index (κ1) is 11.4. The number of nitrogens with zero attached hydrogens (tertiary/aromatic N) is 1. The summed E-state index contributed by atoms with van der Waals surface area (Å²) in [7, 11) is 0. The fraction of sp³-hybridized carbons (Fsp3) is 1.00. The molecule has 0 aromatic carbocycles. The summed E-state index contributed by atoms with van der Waals surface area (Å²) in [5.74, 6) is 0.968. The van der Waals surface area contributed by atoms with E-state index in [0.717, 1.165) is 12.0 Å². The highest BCUT2D eigenvalue weighted by atomic mass is 15.2. The zero-order valence-electron chi connectivity index (χ0n) is 10.1. The summed E-state index contributed by atoms with van der Waals surface area (Å²) >= 11 is 0. The van der Waals surface area contributed by atoms with Crippen LogP contribution in [0.1, 0.15) is 51.9 Å². The van der Waals surface area contributed by atoms with Crippen molar-refractivity contribution >= 4 is 0 Å². The van der Waals surface area contributed by atoms with E-state index in [2.05, 4.69) is 11.8 Å². The predicted octanol–water partition coefficient (Wildman–Crippen LogP) is 2.38. The lowest BCUT2D eigenvalue weighted by Gasteiger charge is -2.45. The molecular formula is C13H26N2. The maximum absolute atomic E-state index is 6.11. The molecule has 3 atom stereocenters. The van der Waals surface area contributed by atoms with Crippen molar-refractivity contribution in [2.75, 3.05) is 13.1 Å². The standard InChI is InChI=1S/C13H26N2/c1-2-3-8-15-9-4-5-11-6-7-12(14)10-13(11)15/h11-13H,2-10,14H2,1H3. The molecule has 0 spiro atoms. The van der Waals surface area contributed by atoms with Gasteiger partial charge in [0, 0.05) is 12.1 Å². The Kier molecular flexibility index (Phi) is 4.04. The van der Waals surface area contributed by atoms with Gasteiger partial charge in [-0.1, -0.05) is 13.3 Å². The number of unbranched alkanes of at least 4 members (excludes halogenated alkanes) is 1. The van der Waals surface area contributed by atoms with Crippen LogP contribution in [0.5, 0.6) is 0 Å². The Bertz CT molecular complexity index is 193. The van der Waals surface area contributed by atoms with Crippen LogP contribution in [0.2, 0.25) is 0 Å². The number of fused-ring (bicyclic) bond motifs is 1. The summed E-state index contributed by atoms with van der Waals surface area (Å²) in [5.41, 5.74) is 6.11. The van der Waals surface area contributed by atoms with Crippen molar-refractivity contribution in [1.82, 2.24) is 4.90 Å². The molecule has 2 rings (SSSR count). The average Bonchev–Trinajstić information content (AvgIpc) is 2.26. The third kappa shape index (κ3) is 2.73. The highest BCUT2D eigenvalue weighted by Gasteiger charge is 2.35. The van der Waals surface area contributed by atoms with Gasteiger partial charge in [-0.3, -0.25) is 0 Å². The largest absolute Gasteiger partial charge is 0.328 e. The lowest BCUT2D eigenvalue weighted by Crippen LogP contribution is -2.51. The third-order valence-electron chi connectivity index (χ3n) is 4.28. The summed E-state index contributed by atoms with van der Waals surface area (Å²) in [5, 5.41) is 0. The van der Waals surface area contributed by atoms with E-state index in [1.807, 2.05) is 0 Å². The van der Waals surface area contributed by atoms with Gasteiger partial charge in [0.15, 0.2) is 0 Å². The summed E-state index contributed by atoms with van der Waals surface area (Å²) < 4.78 is 0. The van der Waals surface area contributed by atoms with Crippen molar-refractivity contribution in [3.05, 3.63) is 0 Å². The van der Waals surface area contributed by atoms with E-state index in [0.29, 0.717) is 6.04 Å². The van der Waals surface area contributed by atoms with Crippen molar-refractivity contribution in [3.63, 3.8) is 0 Å². The Labute approximate surface area is 94.2 Å². The molecule has 2 aliphatic rings. The second-order valence-corrected chi connectivity index (χ2v) is 5.43. The second-order valence-electron chi connectivity index (χ2n) is 5.43. The molecule has 0 aromatic rings. The van der Waals surface area contributed by atoms with Gasteiger partial charge >= 0.3 is 0 Å². The Morgan fingerprint density at radius 2 is 2.13 bits per heavy atom. The number of hydrogen-bond donors (Lipinski definition) is 1. The van der Waals surface area contributed by atoms with Crippen LogP contribution in [0.25, 0.3) is 0 Å². The predicted molar refractivity (Wildman–Crippen MR) is 64.8 cm³/mol. The molecule has 1 aliphatic heterocycles. The van der Waals surface area contributed by atoms with Crippen molar-refractivity contribution < 1.29 is 0 Å². The zero-order valence-corrected chi connectivity index (χ0v) is 10.1. The fourth-order valence-corrected chi connectivity index (χ4v) is 3.39. The van der Waals surface area contributed by atoms with Crippen LogP contribution in [0.4, 0.5) is 0 Å². The normalized spacial score (nSPS) is 37.6. The SMILES string of the molecule is CCCCN1CCCC2CCC(N)CC21. The van der Waals surface area contributed by atoms with Gasteiger partial charge in [-0.2, -0.15) is 0 Å². The molecule has 2 nitrogen and oxygen atoms in total. The Hall–Kier alpha value is -0.0800. The molecule has 1 aliphatic carbocycles. The average molecular weight is 210 g/mol. The van der Waals surface area contributed by atoms with Gasteiger partial charge in [-0.05, 0) is 57.5 Å². The molecular weight excluding hydrogens is 184 g/mol. The number of rotatable bonds is 3. The van der Waals surface area contributed by atoms with Crippen LogP contribution >= 0.6 is 0 Å². The summed E-state index contributed by atoms with van der Waals surface area (Å²) in [6.07, 6.45) is 9.46. The van der Waals surface area contributed by atoms with E-state index in [-0.39, 0.29) is 0 Å². The Balaban J connectivity index is 1.91. The second kappa shape index (κ2) is 5.31. The molecule has 1 saturated heterocycles. The summed E-state index contributed by atoms with van der Waals surface area (Å²) in [6.45, 7) is 4.92. The lowest BCUT2D eigenvalue weighted by molar-refractivity contribution is 0.0533. The number of hydrogen-bond acceptors (Lipinski definition) is 2. The van der Waals surface area contributed by atoms with Crippen LogP contribution < -0.4 is 5.73 Å². The first-order valence-corrected chi connectivity index (χ1v) is 6.81. The molecule has 0 aromatic heterocycles. The number of likely N-dealkylation sites (tertiary alicyclic amines) is 1. The molecule has 88 valence electrons. The van der Waals surface area contributed by atoms with Gasteiger partial charge in [-0.25, -0.2) is 0 Å². The van der Waals surface area contributed by atoms with E-state index in [9.17, 15) is 0 Å². The first-order chi connectivity index (χ1) is 7.31. The molecule has 0 bridgehead atoms. The molecule has 2 heteroatoms. The smallest absolute Gasteiger partial charge is 0.0138 e. The van der Waals surface area contributed by atoms with Gasteiger partial charge in [-0.15, -0.1) is 0 Å². The van der Waals surface area contributed by atoms with Crippen LogP contribution in [0.3, 0.4) is 0 Å². The van der Waals surface area contributed by atoms with E-state index in [4.69, 9.17) is 5.73 Å². The molecule has 1 saturated carbocycles. The van der Waals surface area contributed by atoms with E-state index in [1.54, 1.807) is 0 Å². The maximum atomic E-state index is 6.11. The topological polar surface area (TPSA) is 29.3 Å². The van der Waals surface area contributed by atoms with Gasteiger partial charge in [0.2, 0.25) is 0 Å². The Morgan fingerprint density at radius 3 is 2.93 bits per heavy atom. The molecule has 1 heterocycles. The van der Waals surface area contributed by atoms with Crippen molar-refractivity contribution in [3.8, 4) is 0 Å². The third-order valence-corrected chi connectivity index (χ3v) is 4.28. The Morgan fingerprint density at radius 1 is 1.27 bits per heavy atom. The number of nitrogens with two attached hydrogens (primary N) is 1. The van der Waals surface area contributed by atoms with Gasteiger partial charge < -0.3 is 10.6 Å².